The van der Waals surface area contributed by atoms with Gasteiger partial charge in [0.2, 0.25) is 21.9 Å². The summed E-state index contributed by atoms with van der Waals surface area (Å²) in [6.07, 6.45) is 1.59. The first kappa shape index (κ1) is 36.8. The maximum atomic E-state index is 14.3. The molecule has 0 bridgehead atoms. The van der Waals surface area contributed by atoms with Crippen LogP contribution in [0.25, 0.3) is 0 Å². The molecule has 4 heterocycles. The van der Waals surface area contributed by atoms with Crippen LogP contribution in [0.1, 0.15) is 43.8 Å². The van der Waals surface area contributed by atoms with Gasteiger partial charge in [0, 0.05) is 56.6 Å². The first-order chi connectivity index (χ1) is 25.8. The Labute approximate surface area is 317 Å². The summed E-state index contributed by atoms with van der Waals surface area (Å²) < 4.78 is 43.6. The topological polar surface area (TPSA) is 203 Å². The number of nitrogens with two attached hydrogens (primary N) is 1. The van der Waals surface area contributed by atoms with Crippen LogP contribution in [0.3, 0.4) is 0 Å². The molecular weight excluding hydrogens is 787 g/mol. The number of piperazine rings is 1. The zero-order valence-electron chi connectivity index (χ0n) is 28.8. The molecule has 0 unspecified atom stereocenters. The number of primary amides is 1. The monoisotopic (exact) mass is 820 g/mol. The number of hydrazine groups is 1. The summed E-state index contributed by atoms with van der Waals surface area (Å²) in [6.45, 7) is 4.22. The number of amides is 5. The van der Waals surface area contributed by atoms with Crippen LogP contribution in [0.4, 0.5) is 32.3 Å². The summed E-state index contributed by atoms with van der Waals surface area (Å²) in [5.74, 6) is -2.00. The Morgan fingerprint density at radius 3 is 2.48 bits per heavy atom. The van der Waals surface area contributed by atoms with Crippen LogP contribution < -0.4 is 21.7 Å². The number of fused-ring (bicyclic) bond motifs is 1. The predicted octanol–water partition coefficient (Wildman–Crippen LogP) is 3.59. The molecule has 0 radical (unpaired) electrons. The van der Waals surface area contributed by atoms with E-state index in [1.165, 1.54) is 38.7 Å². The van der Waals surface area contributed by atoms with E-state index >= 15 is 0 Å². The second-order valence-corrected chi connectivity index (χ2v) is 15.7. The summed E-state index contributed by atoms with van der Waals surface area (Å²) in [6, 6.07) is 13.7. The van der Waals surface area contributed by atoms with Crippen LogP contribution in [-0.4, -0.2) is 94.1 Å². The van der Waals surface area contributed by atoms with Crippen molar-refractivity contribution >= 4 is 72.8 Å². The van der Waals surface area contributed by atoms with Crippen molar-refractivity contribution in [3.05, 3.63) is 98.9 Å². The highest BCUT2D eigenvalue weighted by molar-refractivity contribution is 9.10. The molecule has 3 aliphatic rings. The molecule has 0 spiro atoms. The van der Waals surface area contributed by atoms with E-state index in [0.29, 0.717) is 40.9 Å². The summed E-state index contributed by atoms with van der Waals surface area (Å²) in [5.41, 5.74) is 8.61. The SMILES string of the molecule is Cc1cc(S(=O)(=O)N2CCN(Cc3ccc4c(c3)CN(N3CCC(=O)NC3=O)C4=O)CC2)ccc1Nc1ncc(Br)c(Nc2cccc(F)c2C(N)=O)n1. The average Bonchev–Trinajstić information content (AvgIpc) is 3.45. The van der Waals surface area contributed by atoms with Gasteiger partial charge in [-0.1, -0.05) is 18.2 Å². The van der Waals surface area contributed by atoms with Crippen molar-refractivity contribution in [2.75, 3.05) is 43.4 Å². The van der Waals surface area contributed by atoms with Crippen molar-refractivity contribution in [3.63, 3.8) is 0 Å². The Hall–Kier alpha value is -5.50. The van der Waals surface area contributed by atoms with Crippen molar-refractivity contribution in [3.8, 4) is 0 Å². The van der Waals surface area contributed by atoms with Crippen molar-refractivity contribution in [2.24, 2.45) is 5.73 Å². The van der Waals surface area contributed by atoms with E-state index in [1.807, 2.05) is 12.1 Å². The molecule has 19 heteroatoms. The van der Waals surface area contributed by atoms with Crippen LogP contribution in [0.5, 0.6) is 0 Å². The Bertz CT molecular complexity index is 2320. The smallest absolute Gasteiger partial charge is 0.342 e. The maximum absolute atomic E-state index is 14.3. The highest BCUT2D eigenvalue weighted by Gasteiger charge is 2.37. The Morgan fingerprint density at radius 1 is 0.981 bits per heavy atom. The normalized spacial score (nSPS) is 16.7. The van der Waals surface area contributed by atoms with Gasteiger partial charge >= 0.3 is 6.03 Å². The highest BCUT2D eigenvalue weighted by Crippen LogP contribution is 2.31. The number of halogens is 2. The van der Waals surface area contributed by atoms with Crippen LogP contribution in [0, 0.1) is 12.7 Å². The molecule has 3 aliphatic heterocycles. The van der Waals surface area contributed by atoms with Gasteiger partial charge in [0.1, 0.15) is 11.6 Å². The number of aryl methyl sites for hydroxylation is 1. The van der Waals surface area contributed by atoms with E-state index in [0.717, 1.165) is 17.2 Å². The van der Waals surface area contributed by atoms with Crippen molar-refractivity contribution in [1.29, 1.82) is 0 Å². The van der Waals surface area contributed by atoms with Gasteiger partial charge in [-0.05, 0) is 75.9 Å². The highest BCUT2D eigenvalue weighted by atomic mass is 79.9. The fourth-order valence-corrected chi connectivity index (χ4v) is 8.35. The van der Waals surface area contributed by atoms with E-state index in [4.69, 9.17) is 5.73 Å². The molecule has 2 fully saturated rings. The third kappa shape index (κ3) is 7.34. The van der Waals surface area contributed by atoms with Gasteiger partial charge < -0.3 is 16.4 Å². The molecule has 0 aliphatic carbocycles. The van der Waals surface area contributed by atoms with Crippen molar-refractivity contribution < 1.29 is 32.0 Å². The molecular formula is C35H34BrFN10O6S. The Kier molecular flexibility index (Phi) is 10.1. The van der Waals surface area contributed by atoms with Crippen molar-refractivity contribution in [2.45, 2.75) is 31.3 Å². The van der Waals surface area contributed by atoms with Gasteiger partial charge in [0.05, 0.1) is 33.7 Å². The van der Waals surface area contributed by atoms with Gasteiger partial charge in [-0.2, -0.15) is 9.29 Å². The fourth-order valence-electron chi connectivity index (χ4n) is 6.55. The van der Waals surface area contributed by atoms with Gasteiger partial charge in [0.15, 0.2) is 0 Å². The van der Waals surface area contributed by atoms with Crippen molar-refractivity contribution in [1.82, 2.24) is 34.5 Å². The van der Waals surface area contributed by atoms with E-state index in [2.05, 4.69) is 46.7 Å². The first-order valence-electron chi connectivity index (χ1n) is 16.8. The number of nitrogens with zero attached hydrogens (tertiary/aromatic N) is 6. The lowest BCUT2D eigenvalue weighted by Gasteiger charge is -2.34. The lowest BCUT2D eigenvalue weighted by molar-refractivity contribution is -0.123. The quantitative estimate of drug-likeness (QED) is 0.182. The van der Waals surface area contributed by atoms with Crippen LogP contribution in [-0.2, 0) is 27.9 Å². The lowest BCUT2D eigenvalue weighted by atomic mass is 10.1. The summed E-state index contributed by atoms with van der Waals surface area (Å²) in [5, 5.41) is 10.9. The Balaban J connectivity index is 0.966. The molecule has 2 saturated heterocycles. The van der Waals surface area contributed by atoms with E-state index in [1.54, 1.807) is 25.1 Å². The minimum absolute atomic E-state index is 0.118. The average molecular weight is 822 g/mol. The summed E-state index contributed by atoms with van der Waals surface area (Å²) >= 11 is 3.35. The molecule has 0 atom stereocenters. The fraction of sp³-hybridized carbons (Fsp3) is 0.257. The van der Waals surface area contributed by atoms with Gasteiger partial charge in [-0.25, -0.2) is 32.6 Å². The second-order valence-electron chi connectivity index (χ2n) is 12.9. The minimum Gasteiger partial charge on any atom is -0.365 e. The van der Waals surface area contributed by atoms with E-state index in [9.17, 15) is 32.0 Å². The predicted molar refractivity (Wildman–Crippen MR) is 198 cm³/mol. The molecule has 280 valence electrons. The number of hydrogen-bond acceptors (Lipinski definition) is 11. The maximum Gasteiger partial charge on any atom is 0.342 e. The summed E-state index contributed by atoms with van der Waals surface area (Å²) in [7, 11) is -3.81. The lowest BCUT2D eigenvalue weighted by Crippen LogP contribution is -2.56. The Morgan fingerprint density at radius 2 is 1.76 bits per heavy atom. The number of carbonyl (C=O) groups excluding carboxylic acids is 4. The molecule has 7 rings (SSSR count). The number of urea groups is 1. The molecule has 16 nitrogen and oxygen atoms in total. The summed E-state index contributed by atoms with van der Waals surface area (Å²) in [4.78, 5) is 59.7. The molecule has 3 aromatic carbocycles. The number of imide groups is 1. The number of carbonyl (C=O) groups is 4. The zero-order chi connectivity index (χ0) is 38.3. The van der Waals surface area contributed by atoms with Gasteiger partial charge in [0.25, 0.3) is 11.8 Å². The second kappa shape index (κ2) is 14.7. The number of aromatic nitrogens is 2. The van der Waals surface area contributed by atoms with Crippen LogP contribution >= 0.6 is 15.9 Å². The number of rotatable bonds is 10. The number of hydrogen-bond donors (Lipinski definition) is 4. The van der Waals surface area contributed by atoms with E-state index < -0.39 is 27.8 Å². The third-order valence-electron chi connectivity index (χ3n) is 9.35. The molecule has 1 aromatic heterocycles. The molecule has 54 heavy (non-hydrogen) atoms. The van der Waals surface area contributed by atoms with Gasteiger partial charge in [-0.15, -0.1) is 0 Å². The number of sulfonamides is 1. The zero-order valence-corrected chi connectivity index (χ0v) is 31.2. The minimum atomic E-state index is -3.81. The van der Waals surface area contributed by atoms with Crippen LogP contribution in [0.15, 0.2) is 70.2 Å². The molecule has 5 amide bonds. The largest absolute Gasteiger partial charge is 0.365 e. The molecule has 5 N–H and O–H groups in total. The number of anilines is 4. The standard InChI is InChI=1S/C35H34BrFN10O6S/c1-20-15-23(6-8-27(20)41-34-39-17-25(36)32(43-34)40-28-4-2-3-26(37)30(28)31(38)49)54(52,53)45-13-11-44(12-14-45)18-21-5-7-24-22(16-21)19-47(33(24)50)46-10-9-29(48)42-35(46)51/h2-8,15-17H,9-14,18-19H2,1H3,(H2,38,49)(H,42,48,51)(H2,39,40,41,43). The number of nitrogens with one attached hydrogen (secondary N) is 3. The molecule has 4 aromatic rings. The van der Waals surface area contributed by atoms with E-state index in [-0.39, 0.29) is 72.3 Å². The third-order valence-corrected chi connectivity index (χ3v) is 11.8. The number of benzene rings is 3. The molecule has 0 saturated carbocycles. The van der Waals surface area contributed by atoms with Crippen LogP contribution in [0.2, 0.25) is 0 Å². The van der Waals surface area contributed by atoms with Gasteiger partial charge in [-0.3, -0.25) is 24.6 Å². The first-order valence-corrected chi connectivity index (χ1v) is 19.0.